The molecule has 2 aromatic carbocycles. The SMILES string of the molecule is Cc1cc(C)c(CNC(=O)c2cc(Br)cc3c(C(C)C)cn(C)c23)c(=O)[nH]1.Cc1cc(C)c(CNC(=O)c2cc(C3=CCN(C(=O)OC(C)(C)C)CC3)cc3c(C(C)C)cn(C)c23)c(=O)[nH]1. The highest BCUT2D eigenvalue weighted by Crippen LogP contribution is 2.35. The fourth-order valence-electron chi connectivity index (χ4n) is 8.72. The van der Waals surface area contributed by atoms with Crippen LogP contribution < -0.4 is 21.8 Å². The van der Waals surface area contributed by atoms with Gasteiger partial charge in [0.2, 0.25) is 0 Å². The third-order valence-corrected chi connectivity index (χ3v) is 12.4. The number of ether oxygens (including phenoxy) is 1. The summed E-state index contributed by atoms with van der Waals surface area (Å²) in [5.74, 6) is 0.200. The third-order valence-electron chi connectivity index (χ3n) is 12.0. The molecule has 5 heterocycles. The lowest BCUT2D eigenvalue weighted by atomic mass is 9.93. The smallest absolute Gasteiger partial charge is 0.410 e. The molecule has 66 heavy (non-hydrogen) atoms. The molecule has 0 saturated carbocycles. The number of rotatable bonds is 9. The van der Waals surface area contributed by atoms with Crippen molar-refractivity contribution in [2.75, 3.05) is 13.1 Å². The molecular formula is C52H64BrN7O6. The van der Waals surface area contributed by atoms with E-state index in [9.17, 15) is 24.0 Å². The maximum atomic E-state index is 13.6. The highest BCUT2D eigenvalue weighted by atomic mass is 79.9. The highest BCUT2D eigenvalue weighted by molar-refractivity contribution is 9.10. The first-order valence-electron chi connectivity index (χ1n) is 22.5. The van der Waals surface area contributed by atoms with Crippen LogP contribution in [0.25, 0.3) is 27.4 Å². The normalized spacial score (nSPS) is 13.0. The van der Waals surface area contributed by atoms with E-state index in [1.807, 2.05) is 102 Å². The molecule has 0 atom stereocenters. The van der Waals surface area contributed by atoms with Gasteiger partial charge in [0.15, 0.2) is 0 Å². The molecule has 350 valence electrons. The summed E-state index contributed by atoms with van der Waals surface area (Å²) in [6, 6.07) is 11.8. The van der Waals surface area contributed by atoms with E-state index < -0.39 is 5.60 Å². The molecule has 0 aliphatic carbocycles. The van der Waals surface area contributed by atoms with Crippen LogP contribution in [0.4, 0.5) is 4.79 Å². The van der Waals surface area contributed by atoms with Gasteiger partial charge in [-0.25, -0.2) is 4.79 Å². The predicted molar refractivity (Wildman–Crippen MR) is 268 cm³/mol. The third kappa shape index (κ3) is 10.9. The monoisotopic (exact) mass is 961 g/mol. The number of nitrogens with zero attached hydrogens (tertiary/aromatic N) is 3. The van der Waals surface area contributed by atoms with E-state index in [2.05, 4.69) is 88.8 Å². The van der Waals surface area contributed by atoms with E-state index in [1.165, 1.54) is 11.1 Å². The summed E-state index contributed by atoms with van der Waals surface area (Å²) in [6.07, 6.45) is 6.55. The van der Waals surface area contributed by atoms with Crippen molar-refractivity contribution in [3.8, 4) is 0 Å². The largest absolute Gasteiger partial charge is 0.444 e. The first-order valence-corrected chi connectivity index (χ1v) is 23.3. The molecule has 6 aromatic rings. The van der Waals surface area contributed by atoms with Gasteiger partial charge in [-0.2, -0.15) is 0 Å². The van der Waals surface area contributed by atoms with Crippen molar-refractivity contribution in [2.45, 2.75) is 113 Å². The quantitative estimate of drug-likeness (QED) is 0.113. The van der Waals surface area contributed by atoms with Crippen LogP contribution in [0.2, 0.25) is 0 Å². The van der Waals surface area contributed by atoms with Crippen LogP contribution in [0.15, 0.2) is 68.9 Å². The maximum Gasteiger partial charge on any atom is 0.410 e. The Labute approximate surface area is 395 Å². The van der Waals surface area contributed by atoms with Gasteiger partial charge in [0, 0.05) is 90.4 Å². The number of aryl methyl sites for hydroxylation is 6. The van der Waals surface area contributed by atoms with Crippen molar-refractivity contribution in [2.24, 2.45) is 14.1 Å². The van der Waals surface area contributed by atoms with Gasteiger partial charge in [0.1, 0.15) is 5.60 Å². The first kappa shape index (κ1) is 49.3. The van der Waals surface area contributed by atoms with Gasteiger partial charge in [0.05, 0.1) is 22.2 Å². The molecule has 0 fully saturated rings. The van der Waals surface area contributed by atoms with Crippen LogP contribution in [0, 0.1) is 27.7 Å². The van der Waals surface area contributed by atoms with E-state index in [0.717, 1.165) is 59.9 Å². The number of carbonyl (C=O) groups excluding carboxylic acids is 3. The minimum absolute atomic E-state index is 0.140. The molecule has 4 N–H and O–H groups in total. The zero-order valence-corrected chi connectivity index (χ0v) is 42.1. The van der Waals surface area contributed by atoms with E-state index in [0.29, 0.717) is 47.7 Å². The zero-order valence-electron chi connectivity index (χ0n) is 40.6. The molecular weight excluding hydrogens is 899 g/mol. The second-order valence-corrected chi connectivity index (χ2v) is 20.0. The van der Waals surface area contributed by atoms with Crippen LogP contribution in [0.1, 0.15) is 138 Å². The molecule has 0 unspecified atom stereocenters. The Morgan fingerprint density at radius 3 is 1.62 bits per heavy atom. The summed E-state index contributed by atoms with van der Waals surface area (Å²) in [7, 11) is 3.91. The molecule has 3 amide bonds. The van der Waals surface area contributed by atoms with E-state index in [4.69, 9.17) is 4.74 Å². The average molecular weight is 963 g/mol. The summed E-state index contributed by atoms with van der Waals surface area (Å²) in [4.78, 5) is 71.1. The van der Waals surface area contributed by atoms with Crippen molar-refractivity contribution in [1.82, 2.24) is 34.6 Å². The lowest BCUT2D eigenvalue weighted by Gasteiger charge is -2.29. The van der Waals surface area contributed by atoms with Gasteiger partial charge in [-0.05, 0) is 137 Å². The standard InChI is InChI=1S/C31H40N4O4.C21H24BrN3O2/c1-18(2)26-17-34(8)27-23(26)14-22(21-9-11-35(12-10-21)30(38)39-31(5,6)7)15-24(27)28(36)32-16-25-19(3)13-20(4)33-29(25)37;1-11(2)18-10-25(5)19-15(18)7-14(22)8-16(19)20(26)23-9-17-12(3)6-13(4)24-21(17)27/h9,13-15,17-18H,10-12,16H2,1-8H3,(H,32,36)(H,33,37);6-8,10-11H,9H2,1-5H3,(H,23,26)(H,24,27). The Balaban J connectivity index is 0.000000233. The minimum Gasteiger partial charge on any atom is -0.444 e. The van der Waals surface area contributed by atoms with Crippen molar-refractivity contribution in [1.29, 1.82) is 0 Å². The molecule has 0 bridgehead atoms. The number of H-pyrrole nitrogens is 2. The zero-order chi connectivity index (χ0) is 48.5. The second-order valence-electron chi connectivity index (χ2n) is 19.1. The number of pyridine rings is 2. The van der Waals surface area contributed by atoms with Gasteiger partial charge in [-0.15, -0.1) is 0 Å². The summed E-state index contributed by atoms with van der Waals surface area (Å²) in [6.45, 7) is 22.9. The van der Waals surface area contributed by atoms with Crippen molar-refractivity contribution in [3.63, 3.8) is 0 Å². The topological polar surface area (TPSA) is 163 Å². The van der Waals surface area contributed by atoms with Crippen LogP contribution in [0.5, 0.6) is 0 Å². The Bertz CT molecular complexity index is 3010. The number of halogens is 1. The van der Waals surface area contributed by atoms with E-state index in [1.54, 1.807) is 4.90 Å². The number of hydrogen-bond donors (Lipinski definition) is 4. The Morgan fingerprint density at radius 1 is 0.727 bits per heavy atom. The van der Waals surface area contributed by atoms with Crippen molar-refractivity contribution in [3.05, 3.63) is 142 Å². The maximum absolute atomic E-state index is 13.6. The van der Waals surface area contributed by atoms with Gasteiger partial charge < -0.3 is 39.4 Å². The molecule has 1 aliphatic heterocycles. The highest BCUT2D eigenvalue weighted by Gasteiger charge is 2.26. The molecule has 14 heteroatoms. The Kier molecular flexibility index (Phi) is 14.8. The predicted octanol–water partition coefficient (Wildman–Crippen LogP) is 9.86. The summed E-state index contributed by atoms with van der Waals surface area (Å²) < 4.78 is 10.4. The number of nitrogens with one attached hydrogen (secondary N) is 4. The van der Waals surface area contributed by atoms with Crippen molar-refractivity contribution < 1.29 is 19.1 Å². The van der Waals surface area contributed by atoms with Gasteiger partial charge in [-0.1, -0.05) is 49.7 Å². The van der Waals surface area contributed by atoms with Gasteiger partial charge in [0.25, 0.3) is 22.9 Å². The summed E-state index contributed by atoms with van der Waals surface area (Å²) >= 11 is 3.53. The van der Waals surface area contributed by atoms with Gasteiger partial charge >= 0.3 is 6.09 Å². The van der Waals surface area contributed by atoms with Crippen molar-refractivity contribution >= 4 is 61.2 Å². The van der Waals surface area contributed by atoms with Crippen LogP contribution in [-0.2, 0) is 31.9 Å². The van der Waals surface area contributed by atoms with E-state index >= 15 is 0 Å². The van der Waals surface area contributed by atoms with Crippen LogP contribution in [0.3, 0.4) is 0 Å². The number of amides is 3. The van der Waals surface area contributed by atoms with E-state index in [-0.39, 0.29) is 48.0 Å². The lowest BCUT2D eigenvalue weighted by Crippen LogP contribution is -2.39. The fourth-order valence-corrected chi connectivity index (χ4v) is 9.18. The summed E-state index contributed by atoms with van der Waals surface area (Å²) in [5.41, 5.74) is 10.9. The number of carbonyl (C=O) groups is 3. The number of benzene rings is 2. The van der Waals surface area contributed by atoms with Crippen LogP contribution >= 0.6 is 15.9 Å². The first-order chi connectivity index (χ1) is 30.9. The number of aromatic amines is 2. The molecule has 4 aromatic heterocycles. The molecule has 0 spiro atoms. The Hall–Kier alpha value is -6.15. The lowest BCUT2D eigenvalue weighted by molar-refractivity contribution is 0.0270. The number of aromatic nitrogens is 4. The Morgan fingerprint density at radius 2 is 1.20 bits per heavy atom. The second kappa shape index (κ2) is 19.8. The van der Waals surface area contributed by atoms with Crippen LogP contribution in [-0.4, -0.2) is 60.6 Å². The minimum atomic E-state index is -0.545. The number of fused-ring (bicyclic) bond motifs is 2. The fraction of sp³-hybridized carbons (Fsp3) is 0.404. The van der Waals surface area contributed by atoms with Gasteiger partial charge in [-0.3, -0.25) is 19.2 Å². The summed E-state index contributed by atoms with van der Waals surface area (Å²) in [5, 5.41) is 8.00. The average Bonchev–Trinajstić information content (AvgIpc) is 3.74. The molecule has 7 rings (SSSR count). The molecule has 0 saturated heterocycles. The molecule has 0 radical (unpaired) electrons. The molecule has 1 aliphatic rings. The molecule has 13 nitrogen and oxygen atoms in total. The number of hydrogen-bond acceptors (Lipinski definition) is 6.